The van der Waals surface area contributed by atoms with Gasteiger partial charge >= 0.3 is 11.9 Å². The van der Waals surface area contributed by atoms with Crippen LogP contribution in [0, 0.1) is 6.92 Å². The molecule has 0 saturated heterocycles. The number of carbonyl (C=O) groups is 2. The van der Waals surface area contributed by atoms with Gasteiger partial charge in [0.2, 0.25) is 0 Å². The van der Waals surface area contributed by atoms with Gasteiger partial charge in [-0.05, 0) is 85.7 Å². The Morgan fingerprint density at radius 3 is 1.69 bits per heavy atom. The van der Waals surface area contributed by atoms with Crippen LogP contribution in [0.2, 0.25) is 0 Å². The molecule has 0 atom stereocenters. The minimum absolute atomic E-state index is 0.102. The van der Waals surface area contributed by atoms with Crippen LogP contribution in [-0.2, 0) is 22.4 Å². The maximum atomic E-state index is 10.5. The standard InChI is InChI=1S/C20H20N2O3.C19H18N2O3/c1-13-4-2-6-17-19(13)16(20(25)22-17)12-21-15-10-8-14(9-11-15)5-3-7-18(23)24;22-18(23)7-3-4-13-8-10-14(11-9-13)20-12-16-15-5-1-2-6-17(15)21-19(16)24/h2,4,6,8-12,22,25H,3,5,7H2,1H3,(H,23,24);1-2,5-6,8-12,21,24H,3-4,7H2,(H,22,23). The van der Waals surface area contributed by atoms with Crippen LogP contribution >= 0.6 is 0 Å². The van der Waals surface area contributed by atoms with Crippen LogP contribution in [0.3, 0.4) is 0 Å². The number of fused-ring (bicyclic) bond motifs is 2. The van der Waals surface area contributed by atoms with Crippen LogP contribution in [0.4, 0.5) is 11.4 Å². The number of carboxylic acid groups (broad SMARTS) is 2. The first-order chi connectivity index (χ1) is 23.7. The Morgan fingerprint density at radius 1 is 0.633 bits per heavy atom. The molecule has 2 heterocycles. The summed E-state index contributed by atoms with van der Waals surface area (Å²) in [5.74, 6) is -1.33. The van der Waals surface area contributed by atoms with Crippen molar-refractivity contribution in [3.63, 3.8) is 0 Å². The van der Waals surface area contributed by atoms with E-state index in [1.165, 1.54) is 0 Å². The van der Waals surface area contributed by atoms with Crippen LogP contribution in [0.25, 0.3) is 21.8 Å². The molecule has 0 spiro atoms. The number of carboxylic acids is 2. The topological polar surface area (TPSA) is 171 Å². The second kappa shape index (κ2) is 16.1. The number of hydrogen-bond acceptors (Lipinski definition) is 6. The number of rotatable bonds is 12. The van der Waals surface area contributed by atoms with Gasteiger partial charge in [-0.25, -0.2) is 0 Å². The summed E-state index contributed by atoms with van der Waals surface area (Å²) in [5, 5.41) is 39.3. The first-order valence-corrected chi connectivity index (χ1v) is 16.0. The summed E-state index contributed by atoms with van der Waals surface area (Å²) in [6, 6.07) is 28.9. The summed E-state index contributed by atoms with van der Waals surface area (Å²) in [4.78, 5) is 35.8. The van der Waals surface area contributed by atoms with Crippen molar-refractivity contribution in [3.8, 4) is 11.8 Å². The smallest absolute Gasteiger partial charge is 0.303 e. The number of nitrogens with one attached hydrogen (secondary N) is 2. The maximum absolute atomic E-state index is 10.5. The third kappa shape index (κ3) is 9.23. The first-order valence-electron chi connectivity index (χ1n) is 16.0. The average Bonchev–Trinajstić information content (AvgIpc) is 3.59. The molecule has 0 bridgehead atoms. The number of aliphatic carboxylic acids is 2. The van der Waals surface area contributed by atoms with Gasteiger partial charge in [0.1, 0.15) is 0 Å². The van der Waals surface area contributed by atoms with Crippen LogP contribution in [0.5, 0.6) is 11.8 Å². The average molecular weight is 659 g/mol. The first kappa shape index (κ1) is 34.2. The van der Waals surface area contributed by atoms with Gasteiger partial charge in [-0.3, -0.25) is 19.6 Å². The molecule has 0 amide bonds. The number of nitrogens with zero attached hydrogens (tertiary/aromatic N) is 2. The third-order valence-corrected chi connectivity index (χ3v) is 8.05. The molecule has 0 fully saturated rings. The zero-order valence-corrected chi connectivity index (χ0v) is 27.1. The van der Waals surface area contributed by atoms with Crippen molar-refractivity contribution < 1.29 is 30.0 Å². The third-order valence-electron chi connectivity index (χ3n) is 8.05. The number of aliphatic imine (C=N–C) groups is 2. The minimum Gasteiger partial charge on any atom is -0.494 e. The van der Waals surface area contributed by atoms with E-state index in [9.17, 15) is 19.8 Å². The number of para-hydroxylation sites is 1. The lowest BCUT2D eigenvalue weighted by molar-refractivity contribution is -0.138. The van der Waals surface area contributed by atoms with Gasteiger partial charge in [-0.1, -0.05) is 54.6 Å². The lowest BCUT2D eigenvalue weighted by Gasteiger charge is -2.01. The molecular weight excluding hydrogens is 620 g/mol. The predicted octanol–water partition coefficient (Wildman–Crippen LogP) is 8.37. The SMILES string of the molecule is Cc1cccc2[nH]c(O)c(C=Nc3ccc(CCCC(=O)O)cc3)c12.O=C(O)CCCc1ccc(N=Cc2c(O)[nH]c3ccccc23)cc1. The highest BCUT2D eigenvalue weighted by atomic mass is 16.4. The van der Waals surface area contributed by atoms with Crippen molar-refractivity contribution in [2.75, 3.05) is 0 Å². The zero-order valence-electron chi connectivity index (χ0n) is 27.1. The van der Waals surface area contributed by atoms with Crippen molar-refractivity contribution in [2.45, 2.75) is 45.4 Å². The van der Waals surface area contributed by atoms with Gasteiger partial charge in [0.25, 0.3) is 0 Å². The highest BCUT2D eigenvalue weighted by molar-refractivity contribution is 6.04. The van der Waals surface area contributed by atoms with E-state index in [4.69, 9.17) is 10.2 Å². The zero-order chi connectivity index (χ0) is 34.8. The predicted molar refractivity (Wildman–Crippen MR) is 193 cm³/mol. The molecule has 250 valence electrons. The van der Waals surface area contributed by atoms with Crippen molar-refractivity contribution >= 4 is 57.5 Å². The molecule has 2 aromatic heterocycles. The Morgan fingerprint density at radius 2 is 1.12 bits per heavy atom. The van der Waals surface area contributed by atoms with Crippen molar-refractivity contribution in [1.29, 1.82) is 0 Å². The van der Waals surface area contributed by atoms with E-state index in [2.05, 4.69) is 20.0 Å². The molecule has 0 aliphatic rings. The van der Waals surface area contributed by atoms with Gasteiger partial charge in [-0.2, -0.15) is 0 Å². The van der Waals surface area contributed by atoms with Gasteiger partial charge in [0.05, 0.1) is 22.5 Å². The Bertz CT molecular complexity index is 2110. The number of aryl methyl sites for hydroxylation is 3. The van der Waals surface area contributed by atoms with Gasteiger partial charge in [-0.15, -0.1) is 0 Å². The molecule has 6 aromatic rings. The summed E-state index contributed by atoms with van der Waals surface area (Å²) in [5.41, 5.74) is 7.90. The second-order valence-electron chi connectivity index (χ2n) is 11.7. The number of aromatic amines is 2. The highest BCUT2D eigenvalue weighted by Gasteiger charge is 2.11. The molecule has 10 heteroatoms. The molecular formula is C39H38N4O6. The van der Waals surface area contributed by atoms with E-state index in [-0.39, 0.29) is 24.6 Å². The summed E-state index contributed by atoms with van der Waals surface area (Å²) in [7, 11) is 0. The number of benzene rings is 4. The Hall–Kier alpha value is -6.16. The molecule has 10 nitrogen and oxygen atoms in total. The molecule has 6 N–H and O–H groups in total. The fraction of sp³-hybridized carbons (Fsp3) is 0.179. The molecule has 0 aliphatic heterocycles. The Balaban J connectivity index is 0.000000191. The monoisotopic (exact) mass is 658 g/mol. The summed E-state index contributed by atoms with van der Waals surface area (Å²) in [6.07, 6.45) is 6.40. The Kier molecular flexibility index (Phi) is 11.2. The minimum atomic E-state index is -0.769. The van der Waals surface area contributed by atoms with Crippen molar-refractivity contribution in [3.05, 3.63) is 119 Å². The summed E-state index contributed by atoms with van der Waals surface area (Å²) in [6.45, 7) is 2.00. The van der Waals surface area contributed by atoms with Crippen LogP contribution in [0.15, 0.2) is 101 Å². The maximum Gasteiger partial charge on any atom is 0.303 e. The number of aromatic nitrogens is 2. The normalized spacial score (nSPS) is 11.4. The molecule has 0 aliphatic carbocycles. The Labute approximate surface area is 283 Å². The molecule has 4 aromatic carbocycles. The summed E-state index contributed by atoms with van der Waals surface area (Å²) >= 11 is 0. The van der Waals surface area contributed by atoms with E-state index in [0.29, 0.717) is 24.0 Å². The molecule has 0 unspecified atom stereocenters. The van der Waals surface area contributed by atoms with E-state index in [1.807, 2.05) is 97.9 Å². The van der Waals surface area contributed by atoms with E-state index < -0.39 is 11.9 Å². The summed E-state index contributed by atoms with van der Waals surface area (Å²) < 4.78 is 0. The number of H-pyrrole nitrogens is 2. The molecule has 6 rings (SSSR count). The van der Waals surface area contributed by atoms with Crippen LogP contribution in [0.1, 0.15) is 53.5 Å². The van der Waals surface area contributed by atoms with Crippen molar-refractivity contribution in [1.82, 2.24) is 9.97 Å². The van der Waals surface area contributed by atoms with Crippen LogP contribution in [-0.4, -0.2) is 54.8 Å². The molecule has 0 radical (unpaired) electrons. The van der Waals surface area contributed by atoms with E-state index in [1.54, 1.807) is 12.4 Å². The van der Waals surface area contributed by atoms with Gasteiger partial charge in [0.15, 0.2) is 11.8 Å². The number of aromatic hydroxyl groups is 2. The van der Waals surface area contributed by atoms with Crippen molar-refractivity contribution in [2.24, 2.45) is 9.98 Å². The number of hydrogen-bond donors (Lipinski definition) is 6. The fourth-order valence-corrected chi connectivity index (χ4v) is 5.51. The highest BCUT2D eigenvalue weighted by Crippen LogP contribution is 2.29. The fourth-order valence-electron chi connectivity index (χ4n) is 5.51. The molecule has 49 heavy (non-hydrogen) atoms. The van der Waals surface area contributed by atoms with Crippen LogP contribution < -0.4 is 0 Å². The van der Waals surface area contributed by atoms with E-state index >= 15 is 0 Å². The van der Waals surface area contributed by atoms with Gasteiger partial charge < -0.3 is 30.4 Å². The second-order valence-corrected chi connectivity index (χ2v) is 11.7. The van der Waals surface area contributed by atoms with Gasteiger partial charge in [0, 0.05) is 47.1 Å². The largest absolute Gasteiger partial charge is 0.494 e. The lowest BCUT2D eigenvalue weighted by atomic mass is 10.1. The van der Waals surface area contributed by atoms with E-state index in [0.717, 1.165) is 62.7 Å². The lowest BCUT2D eigenvalue weighted by Crippen LogP contribution is -1.95. The molecule has 0 saturated carbocycles. The quantitative estimate of drug-likeness (QED) is 0.0721.